The molecule has 0 saturated heterocycles. The van der Waals surface area contributed by atoms with Crippen molar-refractivity contribution in [3.8, 4) is 0 Å². The van der Waals surface area contributed by atoms with E-state index in [1.54, 1.807) is 0 Å². The molecule has 2 amide bonds. The largest absolute Gasteiger partial charge is 0.323 e. The normalized spacial score (nSPS) is 19.2. The van der Waals surface area contributed by atoms with Crippen molar-refractivity contribution in [2.75, 3.05) is 0 Å². The molecule has 96 valence electrons. The number of urea groups is 1. The van der Waals surface area contributed by atoms with Crippen molar-refractivity contribution >= 4 is 6.03 Å². The minimum Gasteiger partial charge on any atom is -0.312 e. The maximum atomic E-state index is 11.8. The third-order valence-electron chi connectivity index (χ3n) is 3.26. The van der Waals surface area contributed by atoms with E-state index in [0.29, 0.717) is 0 Å². The van der Waals surface area contributed by atoms with E-state index in [-0.39, 0.29) is 6.03 Å². The van der Waals surface area contributed by atoms with Crippen LogP contribution in [0.3, 0.4) is 0 Å². The molecule has 2 aliphatic rings. The molecule has 0 saturated carbocycles. The quantitative estimate of drug-likeness (QED) is 0.766. The van der Waals surface area contributed by atoms with Gasteiger partial charge < -0.3 is 10.6 Å². The van der Waals surface area contributed by atoms with Gasteiger partial charge in [-0.15, -0.1) is 0 Å². The number of rotatable bonds is 2. The lowest BCUT2D eigenvalue weighted by Crippen LogP contribution is -2.35. The summed E-state index contributed by atoms with van der Waals surface area (Å²) in [4.78, 5) is 11.8. The van der Waals surface area contributed by atoms with Crippen LogP contribution in [0.1, 0.15) is 39.5 Å². The van der Waals surface area contributed by atoms with Crippen molar-refractivity contribution in [3.63, 3.8) is 0 Å². The third-order valence-corrected chi connectivity index (χ3v) is 3.26. The Hall–Kier alpha value is -1.77. The van der Waals surface area contributed by atoms with Gasteiger partial charge >= 0.3 is 6.03 Å². The molecule has 0 aliphatic heterocycles. The zero-order valence-electron chi connectivity index (χ0n) is 11.0. The van der Waals surface area contributed by atoms with Gasteiger partial charge in [0.1, 0.15) is 0 Å². The van der Waals surface area contributed by atoms with Gasteiger partial charge in [0.05, 0.1) is 0 Å². The first kappa shape index (κ1) is 12.7. The van der Waals surface area contributed by atoms with Gasteiger partial charge in [-0.25, -0.2) is 4.79 Å². The van der Waals surface area contributed by atoms with Crippen LogP contribution in [0.15, 0.2) is 46.8 Å². The summed E-state index contributed by atoms with van der Waals surface area (Å²) in [5.41, 5.74) is 4.69. The summed E-state index contributed by atoms with van der Waals surface area (Å²) in [5, 5.41) is 5.81. The molecule has 0 radical (unpaired) electrons. The van der Waals surface area contributed by atoms with Crippen LogP contribution in [0.4, 0.5) is 4.79 Å². The lowest BCUT2D eigenvalue weighted by molar-refractivity contribution is 0.245. The Bertz CT molecular complexity index is 425. The summed E-state index contributed by atoms with van der Waals surface area (Å²) in [6, 6.07) is -0.131. The fraction of sp³-hybridized carbons (Fsp3) is 0.400. The molecule has 0 spiro atoms. The van der Waals surface area contributed by atoms with Gasteiger partial charge in [-0.2, -0.15) is 0 Å². The van der Waals surface area contributed by atoms with Gasteiger partial charge in [0.25, 0.3) is 0 Å². The second-order valence-corrected chi connectivity index (χ2v) is 4.99. The predicted octanol–water partition coefficient (Wildman–Crippen LogP) is 3.53. The summed E-state index contributed by atoms with van der Waals surface area (Å²) < 4.78 is 0. The molecule has 2 rings (SSSR count). The van der Waals surface area contributed by atoms with Crippen LogP contribution in [-0.4, -0.2) is 6.03 Å². The van der Waals surface area contributed by atoms with Crippen LogP contribution in [0.2, 0.25) is 0 Å². The number of nitrogens with one attached hydrogen (secondary N) is 2. The van der Waals surface area contributed by atoms with E-state index >= 15 is 0 Å². The molecule has 0 unspecified atom stereocenters. The third kappa shape index (κ3) is 3.62. The highest BCUT2D eigenvalue weighted by Gasteiger charge is 2.10. The summed E-state index contributed by atoms with van der Waals surface area (Å²) in [5.74, 6) is 0. The Morgan fingerprint density at radius 1 is 0.833 bits per heavy atom. The average molecular weight is 244 g/mol. The first-order valence-corrected chi connectivity index (χ1v) is 6.44. The molecule has 0 fully saturated rings. The second kappa shape index (κ2) is 5.71. The number of amides is 2. The van der Waals surface area contributed by atoms with Crippen molar-refractivity contribution in [1.82, 2.24) is 10.6 Å². The molecule has 18 heavy (non-hydrogen) atoms. The molecular weight excluding hydrogens is 224 g/mol. The molecule has 2 N–H and O–H groups in total. The fourth-order valence-corrected chi connectivity index (χ4v) is 2.01. The summed E-state index contributed by atoms with van der Waals surface area (Å²) in [6.45, 7) is 4.21. The van der Waals surface area contributed by atoms with Crippen LogP contribution in [-0.2, 0) is 0 Å². The number of hydrogen-bond donors (Lipinski definition) is 2. The van der Waals surface area contributed by atoms with Crippen LogP contribution < -0.4 is 10.6 Å². The van der Waals surface area contributed by atoms with Gasteiger partial charge in [-0.3, -0.25) is 0 Å². The fourth-order valence-electron chi connectivity index (χ4n) is 2.01. The minimum atomic E-state index is -0.131. The van der Waals surface area contributed by atoms with E-state index in [1.807, 2.05) is 12.2 Å². The monoisotopic (exact) mass is 244 g/mol. The van der Waals surface area contributed by atoms with Crippen molar-refractivity contribution in [1.29, 1.82) is 0 Å². The molecule has 0 aromatic rings. The van der Waals surface area contributed by atoms with Crippen LogP contribution in [0, 0.1) is 0 Å². The molecule has 0 atom stereocenters. The standard InChI is InChI=1S/C15H20N2O/c1-11-3-7-13(8-4-11)16-15(18)17-14-9-5-12(2)6-10-14/h3,5,7,9H,4,6,8,10H2,1-2H3,(H2,16,17,18). The Kier molecular flexibility index (Phi) is 4.03. The van der Waals surface area contributed by atoms with Crippen molar-refractivity contribution < 1.29 is 4.79 Å². The SMILES string of the molecule is CC1=CC=C(NC(=O)NC2=CC=C(C)CC2)CC1. The van der Waals surface area contributed by atoms with Gasteiger partial charge in [0.2, 0.25) is 0 Å². The van der Waals surface area contributed by atoms with E-state index in [1.165, 1.54) is 11.1 Å². The van der Waals surface area contributed by atoms with Crippen molar-refractivity contribution in [2.45, 2.75) is 39.5 Å². The molecule has 0 bridgehead atoms. The van der Waals surface area contributed by atoms with Crippen LogP contribution in [0.5, 0.6) is 0 Å². The molecule has 0 aromatic heterocycles. The van der Waals surface area contributed by atoms with E-state index in [9.17, 15) is 4.79 Å². The highest BCUT2D eigenvalue weighted by molar-refractivity contribution is 5.78. The van der Waals surface area contributed by atoms with Crippen LogP contribution >= 0.6 is 0 Å². The van der Waals surface area contributed by atoms with Gasteiger partial charge in [-0.1, -0.05) is 23.3 Å². The lowest BCUT2D eigenvalue weighted by Gasteiger charge is -2.16. The molecule has 0 heterocycles. The molecule has 3 heteroatoms. The maximum Gasteiger partial charge on any atom is 0.323 e. The Morgan fingerprint density at radius 3 is 1.61 bits per heavy atom. The molecule has 2 aliphatic carbocycles. The summed E-state index contributed by atoms with van der Waals surface area (Å²) in [6.07, 6.45) is 12.0. The second-order valence-electron chi connectivity index (χ2n) is 4.99. The zero-order valence-corrected chi connectivity index (χ0v) is 11.0. The number of allylic oxidation sites excluding steroid dienone is 8. The summed E-state index contributed by atoms with van der Waals surface area (Å²) >= 11 is 0. The molecule has 0 aromatic carbocycles. The zero-order chi connectivity index (χ0) is 13.0. The molecular formula is C15H20N2O. The minimum absolute atomic E-state index is 0.131. The highest BCUT2D eigenvalue weighted by atomic mass is 16.2. The lowest BCUT2D eigenvalue weighted by atomic mass is 10.0. The first-order valence-electron chi connectivity index (χ1n) is 6.44. The first-order chi connectivity index (χ1) is 8.63. The van der Waals surface area contributed by atoms with E-state index in [0.717, 1.165) is 37.1 Å². The smallest absolute Gasteiger partial charge is 0.312 e. The van der Waals surface area contributed by atoms with Crippen LogP contribution in [0.25, 0.3) is 0 Å². The van der Waals surface area contributed by atoms with Crippen molar-refractivity contribution in [3.05, 3.63) is 46.8 Å². The van der Waals surface area contributed by atoms with E-state index in [4.69, 9.17) is 0 Å². The van der Waals surface area contributed by atoms with Crippen molar-refractivity contribution in [2.24, 2.45) is 0 Å². The van der Waals surface area contributed by atoms with Gasteiger partial charge in [-0.05, 0) is 51.7 Å². The van der Waals surface area contributed by atoms with Gasteiger partial charge in [0.15, 0.2) is 0 Å². The summed E-state index contributed by atoms with van der Waals surface area (Å²) in [7, 11) is 0. The number of carbonyl (C=O) groups is 1. The predicted molar refractivity (Wildman–Crippen MR) is 73.8 cm³/mol. The number of hydrogen-bond acceptors (Lipinski definition) is 1. The average Bonchev–Trinajstić information content (AvgIpc) is 2.35. The van der Waals surface area contributed by atoms with E-state index in [2.05, 4.69) is 36.6 Å². The molecule has 3 nitrogen and oxygen atoms in total. The van der Waals surface area contributed by atoms with E-state index < -0.39 is 0 Å². The Balaban J connectivity index is 1.86. The topological polar surface area (TPSA) is 41.1 Å². The highest BCUT2D eigenvalue weighted by Crippen LogP contribution is 2.17. The number of carbonyl (C=O) groups excluding carboxylic acids is 1. The Morgan fingerprint density at radius 2 is 1.28 bits per heavy atom. The Labute approximate surface area is 108 Å². The van der Waals surface area contributed by atoms with Gasteiger partial charge in [0, 0.05) is 11.4 Å². The maximum absolute atomic E-state index is 11.8.